The van der Waals surface area contributed by atoms with Crippen LogP contribution in [0.4, 0.5) is 0 Å². The van der Waals surface area contributed by atoms with Crippen molar-refractivity contribution in [2.75, 3.05) is 13.1 Å². The van der Waals surface area contributed by atoms with Crippen LogP contribution >= 0.6 is 11.3 Å². The summed E-state index contributed by atoms with van der Waals surface area (Å²) >= 11 is 1.82. The highest BCUT2D eigenvalue weighted by molar-refractivity contribution is 7.09. The largest absolute Gasteiger partial charge is 0.327 e. The van der Waals surface area contributed by atoms with Crippen LogP contribution in [0.2, 0.25) is 0 Å². The van der Waals surface area contributed by atoms with Crippen molar-refractivity contribution < 1.29 is 0 Å². The van der Waals surface area contributed by atoms with Gasteiger partial charge in [0, 0.05) is 10.9 Å². The number of rotatable bonds is 3. The van der Waals surface area contributed by atoms with E-state index in [1.54, 1.807) is 0 Å². The van der Waals surface area contributed by atoms with Gasteiger partial charge in [-0.15, -0.1) is 11.3 Å². The lowest BCUT2D eigenvalue weighted by Crippen LogP contribution is -2.39. The third kappa shape index (κ3) is 2.56. The number of thiophene rings is 1. The second-order valence-electron chi connectivity index (χ2n) is 4.03. The summed E-state index contributed by atoms with van der Waals surface area (Å²) in [6.07, 6.45) is 3.54. The van der Waals surface area contributed by atoms with Crippen LogP contribution in [0, 0.1) is 5.92 Å². The van der Waals surface area contributed by atoms with Gasteiger partial charge in [0.15, 0.2) is 0 Å². The van der Waals surface area contributed by atoms with Gasteiger partial charge in [0.2, 0.25) is 0 Å². The maximum atomic E-state index is 6.22. The molecule has 2 heterocycles. The SMILES string of the molecule is NC(Cc1cccs1)C1CCNCC1. The minimum atomic E-state index is 0.357. The van der Waals surface area contributed by atoms with Gasteiger partial charge in [-0.3, -0.25) is 0 Å². The minimum Gasteiger partial charge on any atom is -0.327 e. The van der Waals surface area contributed by atoms with Gasteiger partial charge in [-0.2, -0.15) is 0 Å². The molecule has 1 aliphatic rings. The van der Waals surface area contributed by atoms with Crippen LogP contribution in [0.25, 0.3) is 0 Å². The zero-order valence-electron chi connectivity index (χ0n) is 8.41. The molecule has 14 heavy (non-hydrogen) atoms. The molecule has 0 radical (unpaired) electrons. The molecule has 0 bridgehead atoms. The van der Waals surface area contributed by atoms with E-state index in [2.05, 4.69) is 22.8 Å². The van der Waals surface area contributed by atoms with Gasteiger partial charge in [-0.05, 0) is 49.7 Å². The van der Waals surface area contributed by atoms with Crippen molar-refractivity contribution in [2.24, 2.45) is 11.7 Å². The Balaban J connectivity index is 1.85. The number of hydrogen-bond donors (Lipinski definition) is 2. The predicted octanol–water partition coefficient (Wildman–Crippen LogP) is 1.62. The summed E-state index contributed by atoms with van der Waals surface area (Å²) in [6.45, 7) is 2.28. The van der Waals surface area contributed by atoms with Crippen molar-refractivity contribution in [1.82, 2.24) is 5.32 Å². The Morgan fingerprint density at radius 1 is 1.50 bits per heavy atom. The van der Waals surface area contributed by atoms with Crippen LogP contribution in [-0.4, -0.2) is 19.1 Å². The molecule has 1 aromatic heterocycles. The van der Waals surface area contributed by atoms with Crippen molar-refractivity contribution in [2.45, 2.75) is 25.3 Å². The van der Waals surface area contributed by atoms with E-state index in [-0.39, 0.29) is 0 Å². The molecule has 1 atom stereocenters. The molecule has 1 unspecified atom stereocenters. The quantitative estimate of drug-likeness (QED) is 0.795. The zero-order valence-corrected chi connectivity index (χ0v) is 9.22. The summed E-state index contributed by atoms with van der Waals surface area (Å²) in [5, 5.41) is 5.50. The summed E-state index contributed by atoms with van der Waals surface area (Å²) in [4.78, 5) is 1.43. The van der Waals surface area contributed by atoms with Crippen molar-refractivity contribution >= 4 is 11.3 Å². The fourth-order valence-corrected chi connectivity index (χ4v) is 2.88. The predicted molar refractivity (Wildman–Crippen MR) is 61.6 cm³/mol. The minimum absolute atomic E-state index is 0.357. The molecule has 0 amide bonds. The maximum Gasteiger partial charge on any atom is 0.0117 e. The van der Waals surface area contributed by atoms with Crippen LogP contribution in [0.15, 0.2) is 17.5 Å². The topological polar surface area (TPSA) is 38.0 Å². The third-order valence-electron chi connectivity index (χ3n) is 3.01. The summed E-state index contributed by atoms with van der Waals surface area (Å²) < 4.78 is 0. The third-order valence-corrected chi connectivity index (χ3v) is 3.91. The number of hydrogen-bond acceptors (Lipinski definition) is 3. The number of piperidine rings is 1. The highest BCUT2D eigenvalue weighted by Gasteiger charge is 2.20. The number of nitrogens with one attached hydrogen (secondary N) is 1. The first-order chi connectivity index (χ1) is 6.86. The van der Waals surface area contributed by atoms with E-state index < -0.39 is 0 Å². The average Bonchev–Trinajstić information content (AvgIpc) is 2.72. The molecule has 2 nitrogen and oxygen atoms in total. The molecule has 0 aromatic carbocycles. The first-order valence-electron chi connectivity index (χ1n) is 5.35. The van der Waals surface area contributed by atoms with Crippen LogP contribution in [0.5, 0.6) is 0 Å². The van der Waals surface area contributed by atoms with Gasteiger partial charge in [0.05, 0.1) is 0 Å². The monoisotopic (exact) mass is 210 g/mol. The van der Waals surface area contributed by atoms with E-state index in [4.69, 9.17) is 5.73 Å². The highest BCUT2D eigenvalue weighted by atomic mass is 32.1. The molecule has 0 saturated carbocycles. The van der Waals surface area contributed by atoms with Gasteiger partial charge < -0.3 is 11.1 Å². The van der Waals surface area contributed by atoms with Crippen LogP contribution < -0.4 is 11.1 Å². The Bertz CT molecular complexity index is 252. The molecule has 3 heteroatoms. The van der Waals surface area contributed by atoms with Gasteiger partial charge in [0.25, 0.3) is 0 Å². The molecule has 1 fully saturated rings. The molecule has 1 aliphatic heterocycles. The van der Waals surface area contributed by atoms with Gasteiger partial charge in [-0.25, -0.2) is 0 Å². The van der Waals surface area contributed by atoms with E-state index >= 15 is 0 Å². The highest BCUT2D eigenvalue weighted by Crippen LogP contribution is 2.19. The second kappa shape index (κ2) is 4.91. The Labute approximate surface area is 89.5 Å². The first-order valence-corrected chi connectivity index (χ1v) is 6.23. The summed E-state index contributed by atoms with van der Waals surface area (Å²) in [7, 11) is 0. The number of nitrogens with two attached hydrogens (primary N) is 1. The fraction of sp³-hybridized carbons (Fsp3) is 0.636. The standard InChI is InChI=1S/C11H18N2S/c12-11(8-10-2-1-7-14-10)9-3-5-13-6-4-9/h1-2,7,9,11,13H,3-6,8,12H2. The Morgan fingerprint density at radius 2 is 2.29 bits per heavy atom. The lowest BCUT2D eigenvalue weighted by Gasteiger charge is -2.27. The van der Waals surface area contributed by atoms with E-state index in [1.165, 1.54) is 17.7 Å². The van der Waals surface area contributed by atoms with Crippen molar-refractivity contribution in [3.8, 4) is 0 Å². The van der Waals surface area contributed by atoms with E-state index in [9.17, 15) is 0 Å². The van der Waals surface area contributed by atoms with Crippen LogP contribution in [0.3, 0.4) is 0 Å². The molecule has 78 valence electrons. The Kier molecular flexibility index (Phi) is 3.56. The normalized spacial score (nSPS) is 20.9. The molecule has 1 aromatic rings. The zero-order chi connectivity index (χ0) is 9.80. The van der Waals surface area contributed by atoms with Gasteiger partial charge in [-0.1, -0.05) is 6.07 Å². The van der Waals surface area contributed by atoms with Crippen molar-refractivity contribution in [1.29, 1.82) is 0 Å². The average molecular weight is 210 g/mol. The lowest BCUT2D eigenvalue weighted by molar-refractivity contribution is 0.317. The summed E-state index contributed by atoms with van der Waals surface area (Å²) in [6, 6.07) is 4.65. The Morgan fingerprint density at radius 3 is 2.93 bits per heavy atom. The summed E-state index contributed by atoms with van der Waals surface area (Å²) in [5.41, 5.74) is 6.22. The van der Waals surface area contributed by atoms with Gasteiger partial charge in [0.1, 0.15) is 0 Å². The second-order valence-corrected chi connectivity index (χ2v) is 5.07. The fourth-order valence-electron chi connectivity index (χ4n) is 2.10. The van der Waals surface area contributed by atoms with E-state index in [0.717, 1.165) is 25.4 Å². The smallest absolute Gasteiger partial charge is 0.0117 e. The van der Waals surface area contributed by atoms with E-state index in [0.29, 0.717) is 6.04 Å². The van der Waals surface area contributed by atoms with Crippen LogP contribution in [0.1, 0.15) is 17.7 Å². The van der Waals surface area contributed by atoms with E-state index in [1.807, 2.05) is 11.3 Å². The Hall–Kier alpha value is -0.380. The van der Waals surface area contributed by atoms with Crippen LogP contribution in [-0.2, 0) is 6.42 Å². The van der Waals surface area contributed by atoms with Gasteiger partial charge >= 0.3 is 0 Å². The molecule has 2 rings (SSSR count). The maximum absolute atomic E-state index is 6.22. The van der Waals surface area contributed by atoms with Crippen molar-refractivity contribution in [3.05, 3.63) is 22.4 Å². The lowest BCUT2D eigenvalue weighted by atomic mass is 9.89. The molecule has 3 N–H and O–H groups in total. The molecule has 1 saturated heterocycles. The first kappa shape index (κ1) is 10.1. The van der Waals surface area contributed by atoms with Crippen molar-refractivity contribution in [3.63, 3.8) is 0 Å². The summed E-state index contributed by atoms with van der Waals surface area (Å²) in [5.74, 6) is 0.721. The molecular formula is C11H18N2S. The molecular weight excluding hydrogens is 192 g/mol. The molecule has 0 aliphatic carbocycles. The molecule has 0 spiro atoms.